The Balaban J connectivity index is 1.15. The van der Waals surface area contributed by atoms with E-state index in [1.807, 2.05) is 12.3 Å². The molecule has 1 aromatic carbocycles. The third-order valence-electron chi connectivity index (χ3n) is 8.88. The van der Waals surface area contributed by atoms with Crippen LogP contribution in [0, 0.1) is 11.3 Å². The van der Waals surface area contributed by atoms with Crippen molar-refractivity contribution in [3.05, 3.63) is 40.4 Å². The van der Waals surface area contributed by atoms with Gasteiger partial charge in [-0.3, -0.25) is 14.8 Å². The van der Waals surface area contributed by atoms with E-state index in [4.69, 9.17) is 27.3 Å². The molecule has 0 radical (unpaired) electrons. The maximum Gasteiger partial charge on any atom is 0.350 e. The Hall–Kier alpha value is -4.09. The van der Waals surface area contributed by atoms with Gasteiger partial charge in [-0.05, 0) is 74.5 Å². The third-order valence-corrected chi connectivity index (χ3v) is 8.88. The number of aliphatic imine (C=N–C) groups is 1. The van der Waals surface area contributed by atoms with Crippen LogP contribution >= 0.6 is 0 Å². The maximum absolute atomic E-state index is 13.0. The van der Waals surface area contributed by atoms with Crippen LogP contribution in [-0.2, 0) is 4.79 Å². The minimum Gasteiger partial charge on any atom is -0.450 e. The van der Waals surface area contributed by atoms with Gasteiger partial charge < -0.3 is 32.2 Å². The van der Waals surface area contributed by atoms with Gasteiger partial charge in [-0.25, -0.2) is 9.79 Å². The zero-order valence-electron chi connectivity index (χ0n) is 24.2. The average Bonchev–Trinajstić information content (AvgIpc) is 2.98. The first-order chi connectivity index (χ1) is 20.3. The molecule has 2 aromatic rings. The van der Waals surface area contributed by atoms with E-state index in [1.165, 1.54) is 12.8 Å². The zero-order chi connectivity index (χ0) is 29.6. The number of nitrogens with zero attached hydrogens (tertiary/aromatic N) is 4. The Bertz CT molecular complexity index is 1370. The highest BCUT2D eigenvalue weighted by Gasteiger charge is 2.28. The second-order valence-electron chi connectivity index (χ2n) is 11.8. The number of aromatic nitrogens is 2. The summed E-state index contributed by atoms with van der Waals surface area (Å²) in [5.41, 5.74) is 17.8. The van der Waals surface area contributed by atoms with Gasteiger partial charge >= 0.3 is 5.69 Å². The predicted molar refractivity (Wildman–Crippen MR) is 164 cm³/mol. The summed E-state index contributed by atoms with van der Waals surface area (Å²) in [5, 5.41) is 10.7. The van der Waals surface area contributed by atoms with Crippen molar-refractivity contribution in [2.75, 3.05) is 25.0 Å². The third kappa shape index (κ3) is 7.21. The lowest BCUT2D eigenvalue weighted by molar-refractivity contribution is -0.130. The SMILES string of the molecule is N=C(N)CCCCCC1CCC(n2cc3c(nc2=O)Nc2cc(C4CCN(C(=O)CN=C(N)N)CC4)ccc2O3)CC1. The highest BCUT2D eigenvalue weighted by atomic mass is 16.5. The number of fused-ring (bicyclic) bond motifs is 2. The minimum atomic E-state index is -0.255. The summed E-state index contributed by atoms with van der Waals surface area (Å²) in [6.07, 6.45) is 12.8. The number of nitrogens with one attached hydrogen (secondary N) is 2. The van der Waals surface area contributed by atoms with Gasteiger partial charge in [0.1, 0.15) is 6.54 Å². The zero-order valence-corrected chi connectivity index (χ0v) is 24.2. The smallest absolute Gasteiger partial charge is 0.350 e. The Morgan fingerprint density at radius 2 is 1.81 bits per heavy atom. The Kier molecular flexibility index (Phi) is 9.28. The van der Waals surface area contributed by atoms with E-state index in [0.717, 1.165) is 62.6 Å². The molecule has 3 aliphatic rings. The number of amides is 1. The summed E-state index contributed by atoms with van der Waals surface area (Å²) in [6, 6.07) is 6.24. The number of benzene rings is 1. The van der Waals surface area contributed by atoms with Crippen LogP contribution in [0.1, 0.15) is 88.2 Å². The molecule has 1 amide bonds. The first-order valence-corrected chi connectivity index (χ1v) is 15.1. The monoisotopic (exact) mass is 577 g/mol. The van der Waals surface area contributed by atoms with Crippen molar-refractivity contribution in [2.45, 2.75) is 82.6 Å². The number of carbonyl (C=O) groups excluding carboxylic acids is 1. The quantitative estimate of drug-likeness (QED) is 0.137. The molecule has 0 spiro atoms. The number of anilines is 2. The summed E-state index contributed by atoms with van der Waals surface area (Å²) in [7, 11) is 0. The predicted octanol–water partition coefficient (Wildman–Crippen LogP) is 3.69. The van der Waals surface area contributed by atoms with E-state index in [0.29, 0.717) is 48.7 Å². The Morgan fingerprint density at radius 1 is 1.05 bits per heavy atom. The van der Waals surface area contributed by atoms with Crippen molar-refractivity contribution < 1.29 is 9.53 Å². The maximum atomic E-state index is 13.0. The van der Waals surface area contributed by atoms with Gasteiger partial charge in [0, 0.05) is 25.6 Å². The number of piperidine rings is 1. The van der Waals surface area contributed by atoms with Crippen LogP contribution in [0.5, 0.6) is 11.5 Å². The van der Waals surface area contributed by atoms with E-state index >= 15 is 0 Å². The summed E-state index contributed by atoms with van der Waals surface area (Å²) in [5.74, 6) is 2.84. The van der Waals surface area contributed by atoms with Gasteiger partial charge in [0.05, 0.1) is 17.7 Å². The van der Waals surface area contributed by atoms with Gasteiger partial charge in [0.2, 0.25) is 5.91 Å². The number of hydrogen-bond acceptors (Lipinski definition) is 7. The average molecular weight is 578 g/mol. The van der Waals surface area contributed by atoms with Gasteiger partial charge in [-0.1, -0.05) is 25.3 Å². The van der Waals surface area contributed by atoms with E-state index in [-0.39, 0.29) is 36.0 Å². The molecule has 1 saturated heterocycles. The standard InChI is InChI=1S/C30H43N9O3/c31-26(32)5-3-1-2-4-19-6-9-22(10-7-19)39-18-25-28(37-30(39)41)36-23-16-21(8-11-24(23)42-25)20-12-14-38(15-13-20)27(40)17-35-29(33)34/h8,11,16,18-20,22H,1-7,9-10,12-15,17H2,(H3,31,32)(H4,33,34,35)(H,36,37,41). The van der Waals surface area contributed by atoms with Gasteiger partial charge in [0.25, 0.3) is 0 Å². The Labute approximate surface area is 246 Å². The molecule has 2 fully saturated rings. The summed E-state index contributed by atoms with van der Waals surface area (Å²) in [4.78, 5) is 35.4. The van der Waals surface area contributed by atoms with Crippen LogP contribution in [0.25, 0.3) is 0 Å². The molecule has 226 valence electrons. The molecule has 1 saturated carbocycles. The van der Waals surface area contributed by atoms with Crippen LogP contribution in [-0.4, -0.2) is 51.8 Å². The Morgan fingerprint density at radius 3 is 2.52 bits per heavy atom. The normalized spacial score (nSPS) is 20.0. The molecule has 8 N–H and O–H groups in total. The number of hydrogen-bond donors (Lipinski definition) is 5. The van der Waals surface area contributed by atoms with E-state index in [2.05, 4.69) is 27.4 Å². The molecular weight excluding hydrogens is 534 g/mol. The van der Waals surface area contributed by atoms with Crippen molar-refractivity contribution in [1.29, 1.82) is 5.41 Å². The van der Waals surface area contributed by atoms with Crippen LogP contribution in [0.4, 0.5) is 11.5 Å². The number of ether oxygens (including phenoxy) is 1. The number of guanidine groups is 1. The second kappa shape index (κ2) is 13.3. The van der Waals surface area contributed by atoms with Crippen LogP contribution in [0.15, 0.2) is 34.2 Å². The van der Waals surface area contributed by atoms with Crippen molar-refractivity contribution >= 4 is 29.2 Å². The van der Waals surface area contributed by atoms with Gasteiger partial charge in [-0.15, -0.1) is 0 Å². The second-order valence-corrected chi connectivity index (χ2v) is 11.8. The number of carbonyl (C=O) groups is 1. The molecule has 5 rings (SSSR count). The van der Waals surface area contributed by atoms with E-state index in [1.54, 1.807) is 9.47 Å². The molecule has 0 atom stereocenters. The van der Waals surface area contributed by atoms with Crippen molar-refractivity contribution in [3.8, 4) is 11.5 Å². The van der Waals surface area contributed by atoms with Crippen molar-refractivity contribution in [1.82, 2.24) is 14.5 Å². The molecule has 2 aliphatic heterocycles. The van der Waals surface area contributed by atoms with Gasteiger partial charge in [-0.2, -0.15) is 4.98 Å². The van der Waals surface area contributed by atoms with Crippen LogP contribution in [0.3, 0.4) is 0 Å². The van der Waals surface area contributed by atoms with Gasteiger partial charge in [0.15, 0.2) is 23.3 Å². The highest BCUT2D eigenvalue weighted by Crippen LogP contribution is 2.43. The first kappa shape index (κ1) is 29.4. The van der Waals surface area contributed by atoms with E-state index in [9.17, 15) is 9.59 Å². The lowest BCUT2D eigenvalue weighted by atomic mass is 9.83. The number of nitrogens with two attached hydrogens (primary N) is 3. The molecule has 12 nitrogen and oxygen atoms in total. The molecule has 3 heterocycles. The minimum absolute atomic E-state index is 0.0213. The van der Waals surface area contributed by atoms with Crippen LogP contribution < -0.4 is 32.9 Å². The fourth-order valence-corrected chi connectivity index (χ4v) is 6.47. The molecule has 0 unspecified atom stereocenters. The summed E-state index contributed by atoms with van der Waals surface area (Å²) >= 11 is 0. The molecule has 1 aliphatic carbocycles. The molecular formula is C30H43N9O3. The van der Waals surface area contributed by atoms with Crippen molar-refractivity contribution in [2.24, 2.45) is 28.1 Å². The molecule has 1 aromatic heterocycles. The number of likely N-dealkylation sites (tertiary alicyclic amines) is 1. The lowest BCUT2D eigenvalue weighted by Gasteiger charge is -2.32. The molecule has 42 heavy (non-hydrogen) atoms. The van der Waals surface area contributed by atoms with E-state index < -0.39 is 0 Å². The largest absolute Gasteiger partial charge is 0.450 e. The number of amidine groups is 1. The summed E-state index contributed by atoms with van der Waals surface area (Å²) < 4.78 is 7.98. The van der Waals surface area contributed by atoms with Crippen LogP contribution in [0.2, 0.25) is 0 Å². The molecule has 12 heteroatoms. The highest BCUT2D eigenvalue weighted by molar-refractivity contribution is 5.83. The number of rotatable bonds is 10. The fourth-order valence-electron chi connectivity index (χ4n) is 6.47. The fraction of sp³-hybridized carbons (Fsp3) is 0.567. The van der Waals surface area contributed by atoms with Crippen molar-refractivity contribution in [3.63, 3.8) is 0 Å². The lowest BCUT2D eigenvalue weighted by Crippen LogP contribution is -2.39. The number of unbranched alkanes of at least 4 members (excludes halogenated alkanes) is 2. The summed E-state index contributed by atoms with van der Waals surface area (Å²) in [6.45, 7) is 1.28. The first-order valence-electron chi connectivity index (χ1n) is 15.1. The molecule has 0 bridgehead atoms. The topological polar surface area (TPSA) is 191 Å².